The molecule has 34 heavy (non-hydrogen) atoms. The van der Waals surface area contributed by atoms with Crippen molar-refractivity contribution in [1.82, 2.24) is 14.8 Å². The fourth-order valence-electron chi connectivity index (χ4n) is 4.25. The van der Waals surface area contributed by atoms with Crippen molar-refractivity contribution >= 4 is 35.0 Å². The van der Waals surface area contributed by atoms with Crippen LogP contribution in [0.5, 0.6) is 5.75 Å². The second-order valence-corrected chi connectivity index (χ2v) is 10.3. The third kappa shape index (κ3) is 6.13. The smallest absolute Gasteiger partial charge is 0.234 e. The van der Waals surface area contributed by atoms with E-state index in [0.717, 1.165) is 57.0 Å². The highest BCUT2D eigenvalue weighted by molar-refractivity contribution is 7.99. The minimum Gasteiger partial charge on any atom is -0.486 e. The van der Waals surface area contributed by atoms with Gasteiger partial charge in [0.05, 0.1) is 5.75 Å². The normalized spacial score (nSPS) is 14.2. The number of rotatable bonds is 8. The van der Waals surface area contributed by atoms with E-state index in [0.29, 0.717) is 12.6 Å². The number of hydrogen-bond donors (Lipinski definition) is 1. The summed E-state index contributed by atoms with van der Waals surface area (Å²) in [5.74, 6) is 1.76. The van der Waals surface area contributed by atoms with E-state index in [9.17, 15) is 4.79 Å². The van der Waals surface area contributed by atoms with Gasteiger partial charge in [-0.15, -0.1) is 10.2 Å². The molecular formula is C26H31ClN4O2S. The highest BCUT2D eigenvalue weighted by atomic mass is 35.5. The number of ether oxygens (including phenoxy) is 1. The number of nitrogens with zero attached hydrogens (tertiary/aromatic N) is 3. The number of halogens is 1. The number of hydrogen-bond acceptors (Lipinski definition) is 5. The van der Waals surface area contributed by atoms with Crippen LogP contribution in [0, 0.1) is 20.8 Å². The standard InChI is InChI=1S/C26H31ClN4O2S/c1-17-9-10-18(2)23(13-17)28-25(32)16-34-26-30-29-24(31(26)20-7-5-4-6-8-20)15-33-21-11-12-22(27)19(3)14-21/h9-14,20H,4-8,15-16H2,1-3H3,(H,28,32). The largest absolute Gasteiger partial charge is 0.486 e. The third-order valence-electron chi connectivity index (χ3n) is 6.17. The van der Waals surface area contributed by atoms with E-state index in [1.807, 2.05) is 57.2 Å². The zero-order valence-corrected chi connectivity index (χ0v) is 21.5. The van der Waals surface area contributed by atoms with Gasteiger partial charge in [-0.05, 0) is 74.6 Å². The minimum atomic E-state index is -0.0497. The first-order chi connectivity index (χ1) is 16.4. The van der Waals surface area contributed by atoms with Crippen molar-refractivity contribution < 1.29 is 9.53 Å². The number of thioether (sulfide) groups is 1. The number of amides is 1. The van der Waals surface area contributed by atoms with Crippen LogP contribution in [0.15, 0.2) is 41.6 Å². The van der Waals surface area contributed by atoms with Gasteiger partial charge >= 0.3 is 0 Å². The molecule has 8 heteroatoms. The number of nitrogens with one attached hydrogen (secondary N) is 1. The maximum atomic E-state index is 12.7. The van der Waals surface area contributed by atoms with Crippen LogP contribution in [0.4, 0.5) is 5.69 Å². The predicted molar refractivity (Wildman–Crippen MR) is 138 cm³/mol. The number of carbonyl (C=O) groups excluding carboxylic acids is 1. The van der Waals surface area contributed by atoms with Gasteiger partial charge in [-0.1, -0.05) is 54.8 Å². The van der Waals surface area contributed by atoms with Crippen LogP contribution in [0.2, 0.25) is 5.02 Å². The molecule has 1 saturated carbocycles. The molecule has 1 fully saturated rings. The lowest BCUT2D eigenvalue weighted by Gasteiger charge is -2.25. The average Bonchev–Trinajstić information content (AvgIpc) is 3.24. The molecule has 1 amide bonds. The SMILES string of the molecule is Cc1ccc(C)c(NC(=O)CSc2nnc(COc3ccc(Cl)c(C)c3)n2C2CCCCC2)c1. The first kappa shape index (κ1) is 24.6. The van der Waals surface area contributed by atoms with E-state index in [4.69, 9.17) is 16.3 Å². The lowest BCUT2D eigenvalue weighted by Crippen LogP contribution is -2.19. The summed E-state index contributed by atoms with van der Waals surface area (Å²) in [5.41, 5.74) is 3.99. The van der Waals surface area contributed by atoms with Crippen molar-refractivity contribution in [3.05, 3.63) is 63.9 Å². The summed E-state index contributed by atoms with van der Waals surface area (Å²) in [5, 5.41) is 13.4. The van der Waals surface area contributed by atoms with E-state index >= 15 is 0 Å². The van der Waals surface area contributed by atoms with Gasteiger partial charge in [-0.25, -0.2) is 0 Å². The summed E-state index contributed by atoms with van der Waals surface area (Å²) in [7, 11) is 0. The van der Waals surface area contributed by atoms with Gasteiger partial charge in [0.1, 0.15) is 12.4 Å². The molecular weight excluding hydrogens is 468 g/mol. The Hall–Kier alpha value is -2.51. The summed E-state index contributed by atoms with van der Waals surface area (Å²) in [6, 6.07) is 12.0. The van der Waals surface area contributed by atoms with Crippen molar-refractivity contribution in [1.29, 1.82) is 0 Å². The van der Waals surface area contributed by atoms with Crippen LogP contribution >= 0.6 is 23.4 Å². The number of aryl methyl sites for hydroxylation is 3. The van der Waals surface area contributed by atoms with Crippen LogP contribution < -0.4 is 10.1 Å². The van der Waals surface area contributed by atoms with Gasteiger partial charge in [0.2, 0.25) is 5.91 Å². The molecule has 0 atom stereocenters. The predicted octanol–water partition coefficient (Wildman–Crippen LogP) is 6.67. The molecule has 1 aliphatic rings. The molecule has 6 nitrogen and oxygen atoms in total. The van der Waals surface area contributed by atoms with Crippen LogP contribution in [0.1, 0.15) is 60.7 Å². The van der Waals surface area contributed by atoms with Gasteiger partial charge in [0, 0.05) is 16.8 Å². The van der Waals surface area contributed by atoms with Gasteiger partial charge < -0.3 is 10.1 Å². The monoisotopic (exact) mass is 498 g/mol. The maximum absolute atomic E-state index is 12.7. The van der Waals surface area contributed by atoms with E-state index in [2.05, 4.69) is 20.1 Å². The molecule has 1 N–H and O–H groups in total. The molecule has 0 unspecified atom stereocenters. The summed E-state index contributed by atoms with van der Waals surface area (Å²) < 4.78 is 8.22. The Morgan fingerprint density at radius 3 is 2.65 bits per heavy atom. The molecule has 4 rings (SSSR count). The van der Waals surface area contributed by atoms with Crippen molar-refractivity contribution in [2.45, 2.75) is 70.7 Å². The number of aromatic nitrogens is 3. The van der Waals surface area contributed by atoms with Gasteiger partial charge in [-0.3, -0.25) is 9.36 Å². The summed E-state index contributed by atoms with van der Waals surface area (Å²) in [6.07, 6.45) is 5.82. The van der Waals surface area contributed by atoms with Crippen LogP contribution in [0.25, 0.3) is 0 Å². The Labute approximate surface area is 210 Å². The Morgan fingerprint density at radius 2 is 1.88 bits per heavy atom. The molecule has 0 saturated heterocycles. The van der Waals surface area contributed by atoms with Crippen LogP contribution in [0.3, 0.4) is 0 Å². The van der Waals surface area contributed by atoms with E-state index in [1.54, 1.807) is 0 Å². The zero-order valence-electron chi connectivity index (χ0n) is 19.9. The van der Waals surface area contributed by atoms with E-state index in [1.165, 1.54) is 31.0 Å². The first-order valence-corrected chi connectivity index (χ1v) is 13.1. The highest BCUT2D eigenvalue weighted by Crippen LogP contribution is 2.33. The second-order valence-electron chi connectivity index (χ2n) is 8.92. The topological polar surface area (TPSA) is 69.0 Å². The van der Waals surface area contributed by atoms with Crippen LogP contribution in [-0.2, 0) is 11.4 Å². The third-order valence-corrected chi connectivity index (χ3v) is 7.54. The van der Waals surface area contributed by atoms with Gasteiger partial charge in [-0.2, -0.15) is 0 Å². The van der Waals surface area contributed by atoms with Crippen molar-refractivity contribution in [3.8, 4) is 5.75 Å². The highest BCUT2D eigenvalue weighted by Gasteiger charge is 2.24. The molecule has 0 bridgehead atoms. The van der Waals surface area contributed by atoms with Gasteiger partial charge in [0.25, 0.3) is 0 Å². The molecule has 3 aromatic rings. The fraction of sp³-hybridized carbons (Fsp3) is 0.423. The zero-order chi connectivity index (χ0) is 24.1. The Morgan fingerprint density at radius 1 is 1.09 bits per heavy atom. The minimum absolute atomic E-state index is 0.0497. The average molecular weight is 499 g/mol. The Balaban J connectivity index is 1.46. The Kier molecular flexibility index (Phi) is 8.16. The molecule has 1 aromatic heterocycles. The fourth-order valence-corrected chi connectivity index (χ4v) is 5.19. The molecule has 1 heterocycles. The van der Waals surface area contributed by atoms with Crippen LogP contribution in [-0.4, -0.2) is 26.4 Å². The number of carbonyl (C=O) groups is 1. The molecule has 1 aliphatic carbocycles. The van der Waals surface area contributed by atoms with E-state index in [-0.39, 0.29) is 11.7 Å². The van der Waals surface area contributed by atoms with Crippen molar-refractivity contribution in [2.75, 3.05) is 11.1 Å². The van der Waals surface area contributed by atoms with E-state index < -0.39 is 0 Å². The lowest BCUT2D eigenvalue weighted by molar-refractivity contribution is -0.113. The number of anilines is 1. The first-order valence-electron chi connectivity index (χ1n) is 11.7. The summed E-state index contributed by atoms with van der Waals surface area (Å²) in [6.45, 7) is 6.29. The molecule has 0 aliphatic heterocycles. The van der Waals surface area contributed by atoms with Crippen molar-refractivity contribution in [3.63, 3.8) is 0 Å². The quantitative estimate of drug-likeness (QED) is 0.351. The lowest BCUT2D eigenvalue weighted by atomic mass is 9.95. The Bertz CT molecular complexity index is 1160. The number of benzene rings is 2. The molecule has 180 valence electrons. The second kappa shape index (κ2) is 11.3. The van der Waals surface area contributed by atoms with Gasteiger partial charge in [0.15, 0.2) is 11.0 Å². The maximum Gasteiger partial charge on any atom is 0.234 e. The molecule has 2 aromatic carbocycles. The summed E-state index contributed by atoms with van der Waals surface area (Å²) >= 11 is 7.57. The molecule has 0 spiro atoms. The summed E-state index contributed by atoms with van der Waals surface area (Å²) in [4.78, 5) is 12.7. The molecule has 0 radical (unpaired) electrons. The van der Waals surface area contributed by atoms with Crippen molar-refractivity contribution in [2.24, 2.45) is 0 Å².